The standard InChI is InChI=1S/C18H20N2O2/c1-2-17(21)18-19-15-10-6-7-11-16(15)20(18)12-13-22-14-8-4-3-5-9-14/h3-11,17,21H,2,12-13H2,1H3/t17-/m1/s1. The van der Waals surface area contributed by atoms with Gasteiger partial charge in [-0.2, -0.15) is 0 Å². The van der Waals surface area contributed by atoms with Gasteiger partial charge in [-0.3, -0.25) is 0 Å². The Morgan fingerprint density at radius 2 is 1.82 bits per heavy atom. The molecule has 1 atom stereocenters. The van der Waals surface area contributed by atoms with Crippen molar-refractivity contribution in [2.75, 3.05) is 6.61 Å². The largest absolute Gasteiger partial charge is 0.492 e. The number of fused-ring (bicyclic) bond motifs is 1. The molecule has 4 nitrogen and oxygen atoms in total. The van der Waals surface area contributed by atoms with E-state index in [0.29, 0.717) is 25.4 Å². The number of para-hydroxylation sites is 3. The lowest BCUT2D eigenvalue weighted by atomic mass is 10.2. The van der Waals surface area contributed by atoms with Crippen molar-refractivity contribution >= 4 is 11.0 Å². The lowest BCUT2D eigenvalue weighted by Crippen LogP contribution is -2.13. The van der Waals surface area contributed by atoms with Crippen molar-refractivity contribution in [2.24, 2.45) is 0 Å². The fraction of sp³-hybridized carbons (Fsp3) is 0.278. The van der Waals surface area contributed by atoms with Crippen LogP contribution in [0.5, 0.6) is 5.75 Å². The van der Waals surface area contributed by atoms with E-state index >= 15 is 0 Å². The molecule has 0 unspecified atom stereocenters. The monoisotopic (exact) mass is 296 g/mol. The molecule has 0 amide bonds. The molecule has 0 saturated carbocycles. The molecule has 3 rings (SSSR count). The van der Waals surface area contributed by atoms with E-state index in [1.807, 2.05) is 66.1 Å². The summed E-state index contributed by atoms with van der Waals surface area (Å²) in [5.41, 5.74) is 1.94. The minimum absolute atomic E-state index is 0.536. The van der Waals surface area contributed by atoms with E-state index in [9.17, 15) is 5.11 Å². The molecule has 1 heterocycles. The van der Waals surface area contributed by atoms with Gasteiger partial charge in [0.25, 0.3) is 0 Å². The van der Waals surface area contributed by atoms with Crippen LogP contribution in [-0.2, 0) is 6.54 Å². The van der Waals surface area contributed by atoms with Gasteiger partial charge in [0.1, 0.15) is 24.3 Å². The number of hydrogen-bond acceptors (Lipinski definition) is 3. The Labute approximate surface area is 130 Å². The fourth-order valence-electron chi connectivity index (χ4n) is 2.54. The van der Waals surface area contributed by atoms with Gasteiger partial charge in [0.2, 0.25) is 0 Å². The van der Waals surface area contributed by atoms with Gasteiger partial charge in [0.05, 0.1) is 17.6 Å². The first-order valence-corrected chi connectivity index (χ1v) is 7.60. The van der Waals surface area contributed by atoms with Crippen molar-refractivity contribution in [2.45, 2.75) is 26.0 Å². The van der Waals surface area contributed by atoms with Crippen LogP contribution in [0.25, 0.3) is 11.0 Å². The summed E-state index contributed by atoms with van der Waals surface area (Å²) >= 11 is 0. The molecule has 22 heavy (non-hydrogen) atoms. The number of imidazole rings is 1. The van der Waals surface area contributed by atoms with Gasteiger partial charge in [-0.05, 0) is 30.7 Å². The second kappa shape index (κ2) is 6.62. The molecule has 0 aliphatic rings. The molecule has 0 aliphatic carbocycles. The summed E-state index contributed by atoms with van der Waals surface area (Å²) in [5, 5.41) is 10.2. The molecule has 0 bridgehead atoms. The topological polar surface area (TPSA) is 47.3 Å². The number of benzene rings is 2. The molecule has 0 spiro atoms. The number of aliphatic hydroxyl groups excluding tert-OH is 1. The fourth-order valence-corrected chi connectivity index (χ4v) is 2.54. The SMILES string of the molecule is CC[C@@H](O)c1nc2ccccc2n1CCOc1ccccc1. The normalized spacial score (nSPS) is 12.5. The molecule has 0 radical (unpaired) electrons. The van der Waals surface area contributed by atoms with Crippen molar-refractivity contribution in [3.05, 3.63) is 60.4 Å². The Kier molecular flexibility index (Phi) is 4.39. The molecule has 3 aromatic rings. The highest BCUT2D eigenvalue weighted by atomic mass is 16.5. The highest BCUT2D eigenvalue weighted by Crippen LogP contribution is 2.22. The highest BCUT2D eigenvalue weighted by Gasteiger charge is 2.16. The van der Waals surface area contributed by atoms with Gasteiger partial charge in [0.15, 0.2) is 0 Å². The third-order valence-corrected chi connectivity index (χ3v) is 3.70. The van der Waals surface area contributed by atoms with Crippen molar-refractivity contribution in [3.8, 4) is 5.75 Å². The van der Waals surface area contributed by atoms with Crippen LogP contribution in [0, 0.1) is 0 Å². The van der Waals surface area contributed by atoms with Crippen molar-refractivity contribution < 1.29 is 9.84 Å². The molecular formula is C18H20N2O2. The number of ether oxygens (including phenoxy) is 1. The maximum absolute atomic E-state index is 10.2. The predicted octanol–water partition coefficient (Wildman–Crippen LogP) is 3.56. The summed E-state index contributed by atoms with van der Waals surface area (Å²) in [5.74, 6) is 1.56. The maximum atomic E-state index is 10.2. The minimum Gasteiger partial charge on any atom is -0.492 e. The molecule has 1 N–H and O–H groups in total. The number of hydrogen-bond donors (Lipinski definition) is 1. The van der Waals surface area contributed by atoms with Gasteiger partial charge >= 0.3 is 0 Å². The zero-order valence-electron chi connectivity index (χ0n) is 12.6. The van der Waals surface area contributed by atoms with Crippen LogP contribution in [-0.4, -0.2) is 21.3 Å². The van der Waals surface area contributed by atoms with Crippen LogP contribution in [0.2, 0.25) is 0 Å². The molecule has 0 aliphatic heterocycles. The Balaban J connectivity index is 1.82. The first kappa shape index (κ1) is 14.6. The van der Waals surface area contributed by atoms with Gasteiger partial charge < -0.3 is 14.4 Å². The summed E-state index contributed by atoms with van der Waals surface area (Å²) in [6.45, 7) is 3.14. The Morgan fingerprint density at radius 3 is 2.59 bits per heavy atom. The van der Waals surface area contributed by atoms with Crippen molar-refractivity contribution in [3.63, 3.8) is 0 Å². The number of rotatable bonds is 6. The van der Waals surface area contributed by atoms with Crippen LogP contribution in [0.3, 0.4) is 0 Å². The van der Waals surface area contributed by atoms with E-state index in [2.05, 4.69) is 4.98 Å². The Morgan fingerprint density at radius 1 is 1.09 bits per heavy atom. The molecule has 114 valence electrons. The van der Waals surface area contributed by atoms with Crippen LogP contribution < -0.4 is 4.74 Å². The van der Waals surface area contributed by atoms with E-state index in [1.54, 1.807) is 0 Å². The van der Waals surface area contributed by atoms with Gasteiger partial charge in [0, 0.05) is 0 Å². The lowest BCUT2D eigenvalue weighted by molar-refractivity contribution is 0.157. The quantitative estimate of drug-likeness (QED) is 0.756. The zero-order valence-corrected chi connectivity index (χ0v) is 12.6. The first-order chi connectivity index (χ1) is 10.8. The third kappa shape index (κ3) is 2.97. The predicted molar refractivity (Wildman–Crippen MR) is 86.9 cm³/mol. The zero-order chi connectivity index (χ0) is 15.4. The lowest BCUT2D eigenvalue weighted by Gasteiger charge is -2.13. The van der Waals surface area contributed by atoms with Crippen molar-refractivity contribution in [1.29, 1.82) is 0 Å². The number of aromatic nitrogens is 2. The van der Waals surface area contributed by atoms with Crippen molar-refractivity contribution in [1.82, 2.24) is 9.55 Å². The molecular weight excluding hydrogens is 276 g/mol. The molecule has 0 saturated heterocycles. The first-order valence-electron chi connectivity index (χ1n) is 7.60. The summed E-state index contributed by atoms with van der Waals surface area (Å²) in [7, 11) is 0. The molecule has 0 fully saturated rings. The average molecular weight is 296 g/mol. The highest BCUT2D eigenvalue weighted by molar-refractivity contribution is 5.76. The summed E-state index contributed by atoms with van der Waals surface area (Å²) in [6, 6.07) is 17.7. The smallest absolute Gasteiger partial charge is 0.138 e. The Hall–Kier alpha value is -2.33. The molecule has 1 aromatic heterocycles. The molecule has 4 heteroatoms. The van der Waals surface area contributed by atoms with E-state index < -0.39 is 6.10 Å². The van der Waals surface area contributed by atoms with Gasteiger partial charge in [-0.1, -0.05) is 37.3 Å². The van der Waals surface area contributed by atoms with Crippen LogP contribution >= 0.6 is 0 Å². The maximum Gasteiger partial charge on any atom is 0.138 e. The second-order valence-corrected chi connectivity index (χ2v) is 5.20. The Bertz CT molecular complexity index is 737. The van der Waals surface area contributed by atoms with Gasteiger partial charge in [-0.15, -0.1) is 0 Å². The van der Waals surface area contributed by atoms with Crippen LogP contribution in [0.1, 0.15) is 25.3 Å². The van der Waals surface area contributed by atoms with Gasteiger partial charge in [-0.25, -0.2) is 4.98 Å². The number of aliphatic hydroxyl groups is 1. The van der Waals surface area contributed by atoms with Crippen LogP contribution in [0.4, 0.5) is 0 Å². The van der Waals surface area contributed by atoms with E-state index in [4.69, 9.17) is 4.74 Å². The summed E-state index contributed by atoms with van der Waals surface area (Å²) in [4.78, 5) is 4.57. The van der Waals surface area contributed by atoms with Crippen LogP contribution in [0.15, 0.2) is 54.6 Å². The summed E-state index contributed by atoms with van der Waals surface area (Å²) < 4.78 is 7.81. The summed E-state index contributed by atoms with van der Waals surface area (Å²) in [6.07, 6.45) is 0.0900. The second-order valence-electron chi connectivity index (χ2n) is 5.20. The average Bonchev–Trinajstić information content (AvgIpc) is 2.94. The van der Waals surface area contributed by atoms with E-state index in [1.165, 1.54) is 0 Å². The minimum atomic E-state index is -0.552. The van der Waals surface area contributed by atoms with E-state index in [0.717, 1.165) is 16.8 Å². The third-order valence-electron chi connectivity index (χ3n) is 3.70. The number of nitrogens with zero attached hydrogens (tertiary/aromatic N) is 2. The molecule has 2 aromatic carbocycles. The van der Waals surface area contributed by atoms with E-state index in [-0.39, 0.29) is 0 Å².